The highest BCUT2D eigenvalue weighted by Crippen LogP contribution is 2.25. The van der Waals surface area contributed by atoms with E-state index in [0.717, 1.165) is 17.5 Å². The predicted molar refractivity (Wildman–Crippen MR) is 66.4 cm³/mol. The molecular weight excluding hydrogens is 198 g/mol. The molecule has 3 N–H and O–H groups in total. The molecule has 0 radical (unpaired) electrons. The Morgan fingerprint density at radius 1 is 1.12 bits per heavy atom. The molecule has 2 aromatic heterocycles. The van der Waals surface area contributed by atoms with Crippen molar-refractivity contribution in [3.05, 3.63) is 42.2 Å². The molecule has 1 aromatic carbocycles. The van der Waals surface area contributed by atoms with Crippen molar-refractivity contribution in [1.82, 2.24) is 9.97 Å². The number of nitrogens with two attached hydrogens (primary N) is 1. The number of H-pyrrole nitrogens is 1. The van der Waals surface area contributed by atoms with Gasteiger partial charge in [-0.05, 0) is 36.7 Å². The number of benzene rings is 1. The smallest absolute Gasteiger partial charge is 0.0495 e. The third-order valence-electron chi connectivity index (χ3n) is 2.90. The highest BCUT2D eigenvalue weighted by molar-refractivity contribution is 6.06. The molecule has 0 spiro atoms. The van der Waals surface area contributed by atoms with Crippen LogP contribution in [0.25, 0.3) is 21.8 Å². The standard InChI is InChI=1S/C13H13N3/c14-5-3-9-1-2-12-10(7-9)11-8-15-6-4-13(11)16-12/h1-2,4,6-8,16H,3,5,14H2. The van der Waals surface area contributed by atoms with Gasteiger partial charge in [0.05, 0.1) is 0 Å². The molecule has 0 aliphatic heterocycles. The molecule has 3 nitrogen and oxygen atoms in total. The average Bonchev–Trinajstić information content (AvgIpc) is 2.68. The van der Waals surface area contributed by atoms with E-state index in [1.54, 1.807) is 6.20 Å². The summed E-state index contributed by atoms with van der Waals surface area (Å²) < 4.78 is 0. The molecule has 0 aliphatic carbocycles. The molecule has 2 heterocycles. The maximum absolute atomic E-state index is 5.57. The van der Waals surface area contributed by atoms with Crippen molar-refractivity contribution in [1.29, 1.82) is 0 Å². The number of fused-ring (bicyclic) bond motifs is 3. The van der Waals surface area contributed by atoms with Crippen LogP contribution in [0.3, 0.4) is 0 Å². The van der Waals surface area contributed by atoms with Crippen molar-refractivity contribution in [3.8, 4) is 0 Å². The fourth-order valence-electron chi connectivity index (χ4n) is 2.11. The number of nitrogens with one attached hydrogen (secondary N) is 1. The first kappa shape index (κ1) is 9.36. The third kappa shape index (κ3) is 1.37. The zero-order chi connectivity index (χ0) is 11.0. The summed E-state index contributed by atoms with van der Waals surface area (Å²) in [6.45, 7) is 0.687. The maximum atomic E-state index is 5.57. The molecule has 0 saturated heterocycles. The Labute approximate surface area is 93.3 Å². The minimum absolute atomic E-state index is 0.687. The van der Waals surface area contributed by atoms with E-state index in [0.29, 0.717) is 6.54 Å². The van der Waals surface area contributed by atoms with Crippen LogP contribution in [-0.2, 0) is 6.42 Å². The van der Waals surface area contributed by atoms with E-state index in [1.165, 1.54) is 16.3 Å². The van der Waals surface area contributed by atoms with Gasteiger partial charge in [0.15, 0.2) is 0 Å². The Kier molecular flexibility index (Phi) is 2.11. The van der Waals surface area contributed by atoms with Crippen LogP contribution in [0.1, 0.15) is 5.56 Å². The lowest BCUT2D eigenvalue weighted by Crippen LogP contribution is -2.02. The number of aromatic amines is 1. The van der Waals surface area contributed by atoms with Gasteiger partial charge >= 0.3 is 0 Å². The maximum Gasteiger partial charge on any atom is 0.0495 e. The Morgan fingerprint density at radius 2 is 2.00 bits per heavy atom. The first-order valence-corrected chi connectivity index (χ1v) is 5.43. The number of hydrogen-bond donors (Lipinski definition) is 2. The zero-order valence-electron chi connectivity index (χ0n) is 8.90. The summed E-state index contributed by atoms with van der Waals surface area (Å²) in [5.41, 5.74) is 9.14. The number of aromatic nitrogens is 2. The van der Waals surface area contributed by atoms with Gasteiger partial charge in [-0.3, -0.25) is 4.98 Å². The summed E-state index contributed by atoms with van der Waals surface area (Å²) in [6, 6.07) is 8.43. The molecule has 0 bridgehead atoms. The predicted octanol–water partition coefficient (Wildman–Crippen LogP) is 2.22. The van der Waals surface area contributed by atoms with Gasteiger partial charge in [-0.2, -0.15) is 0 Å². The SMILES string of the molecule is NCCc1ccc2[nH]c3ccncc3c2c1. The van der Waals surface area contributed by atoms with Gasteiger partial charge in [-0.15, -0.1) is 0 Å². The summed E-state index contributed by atoms with van der Waals surface area (Å²) in [6.07, 6.45) is 4.63. The lowest BCUT2D eigenvalue weighted by molar-refractivity contribution is 0.971. The van der Waals surface area contributed by atoms with E-state index < -0.39 is 0 Å². The molecule has 16 heavy (non-hydrogen) atoms. The highest BCUT2D eigenvalue weighted by Gasteiger charge is 2.04. The molecule has 0 fully saturated rings. The van der Waals surface area contributed by atoms with Crippen molar-refractivity contribution >= 4 is 21.8 Å². The lowest BCUT2D eigenvalue weighted by atomic mass is 10.1. The Bertz CT molecular complexity index is 640. The van der Waals surface area contributed by atoms with Gasteiger partial charge in [-0.25, -0.2) is 0 Å². The molecule has 0 unspecified atom stereocenters. The van der Waals surface area contributed by atoms with Crippen LogP contribution in [-0.4, -0.2) is 16.5 Å². The summed E-state index contributed by atoms with van der Waals surface area (Å²) in [7, 11) is 0. The van der Waals surface area contributed by atoms with Crippen LogP contribution in [0.2, 0.25) is 0 Å². The van der Waals surface area contributed by atoms with Crippen molar-refractivity contribution in [2.45, 2.75) is 6.42 Å². The molecule has 3 rings (SSSR count). The van der Waals surface area contributed by atoms with E-state index in [4.69, 9.17) is 5.73 Å². The molecule has 3 heteroatoms. The van der Waals surface area contributed by atoms with E-state index in [2.05, 4.69) is 28.2 Å². The molecule has 80 valence electrons. The largest absolute Gasteiger partial charge is 0.354 e. The molecular formula is C13H13N3. The quantitative estimate of drug-likeness (QED) is 0.682. The van der Waals surface area contributed by atoms with Crippen LogP contribution < -0.4 is 5.73 Å². The molecule has 0 amide bonds. The third-order valence-corrected chi connectivity index (χ3v) is 2.90. The fourth-order valence-corrected chi connectivity index (χ4v) is 2.11. The van der Waals surface area contributed by atoms with Crippen molar-refractivity contribution in [3.63, 3.8) is 0 Å². The number of hydrogen-bond acceptors (Lipinski definition) is 2. The first-order chi connectivity index (χ1) is 7.88. The minimum Gasteiger partial charge on any atom is -0.354 e. The summed E-state index contributed by atoms with van der Waals surface area (Å²) >= 11 is 0. The molecule has 0 saturated carbocycles. The van der Waals surface area contributed by atoms with E-state index in [1.807, 2.05) is 12.3 Å². The van der Waals surface area contributed by atoms with Crippen molar-refractivity contribution in [2.24, 2.45) is 5.73 Å². The van der Waals surface area contributed by atoms with Gasteiger partial charge in [0.2, 0.25) is 0 Å². The summed E-state index contributed by atoms with van der Waals surface area (Å²) in [4.78, 5) is 7.54. The second kappa shape index (κ2) is 3.61. The number of rotatable bonds is 2. The lowest BCUT2D eigenvalue weighted by Gasteiger charge is -1.98. The van der Waals surface area contributed by atoms with Crippen molar-refractivity contribution in [2.75, 3.05) is 6.54 Å². The van der Waals surface area contributed by atoms with E-state index in [-0.39, 0.29) is 0 Å². The second-order valence-corrected chi connectivity index (χ2v) is 3.96. The first-order valence-electron chi connectivity index (χ1n) is 5.43. The van der Waals surface area contributed by atoms with Crippen molar-refractivity contribution < 1.29 is 0 Å². The van der Waals surface area contributed by atoms with Gasteiger partial charge in [0, 0.05) is 34.2 Å². The monoisotopic (exact) mass is 211 g/mol. The normalized spacial score (nSPS) is 11.3. The number of nitrogens with zero attached hydrogens (tertiary/aromatic N) is 1. The Hall–Kier alpha value is -1.87. The average molecular weight is 211 g/mol. The van der Waals surface area contributed by atoms with E-state index >= 15 is 0 Å². The van der Waals surface area contributed by atoms with Crippen LogP contribution >= 0.6 is 0 Å². The van der Waals surface area contributed by atoms with Crippen LogP contribution in [0.4, 0.5) is 0 Å². The van der Waals surface area contributed by atoms with Crippen LogP contribution in [0.5, 0.6) is 0 Å². The minimum atomic E-state index is 0.687. The Morgan fingerprint density at radius 3 is 2.88 bits per heavy atom. The zero-order valence-corrected chi connectivity index (χ0v) is 8.90. The van der Waals surface area contributed by atoms with Gasteiger partial charge in [-0.1, -0.05) is 6.07 Å². The molecule has 0 atom stereocenters. The van der Waals surface area contributed by atoms with Gasteiger partial charge < -0.3 is 10.7 Å². The fraction of sp³-hybridized carbons (Fsp3) is 0.154. The van der Waals surface area contributed by atoms with Gasteiger partial charge in [0.25, 0.3) is 0 Å². The van der Waals surface area contributed by atoms with Gasteiger partial charge in [0.1, 0.15) is 0 Å². The Balaban J connectivity index is 2.31. The highest BCUT2D eigenvalue weighted by atomic mass is 14.7. The molecule has 0 aliphatic rings. The van der Waals surface area contributed by atoms with Crippen LogP contribution in [0, 0.1) is 0 Å². The topological polar surface area (TPSA) is 54.7 Å². The van der Waals surface area contributed by atoms with Crippen LogP contribution in [0.15, 0.2) is 36.7 Å². The summed E-state index contributed by atoms with van der Waals surface area (Å²) in [5.74, 6) is 0. The second-order valence-electron chi connectivity index (χ2n) is 3.96. The number of pyridine rings is 1. The summed E-state index contributed by atoms with van der Waals surface area (Å²) in [5, 5.41) is 2.41. The molecule has 3 aromatic rings. The van der Waals surface area contributed by atoms with E-state index in [9.17, 15) is 0 Å².